The summed E-state index contributed by atoms with van der Waals surface area (Å²) in [6.45, 7) is 7.94. The number of rotatable bonds is 2. The molecule has 1 aromatic rings. The molecule has 4 nitrogen and oxygen atoms in total. The maximum absolute atomic E-state index is 6.50. The van der Waals surface area contributed by atoms with E-state index in [-0.39, 0.29) is 16.6 Å². The lowest BCUT2D eigenvalue weighted by atomic mass is 9.44. The van der Waals surface area contributed by atoms with Crippen LogP contribution >= 0.6 is 11.8 Å². The highest BCUT2D eigenvalue weighted by atomic mass is 32.2. The van der Waals surface area contributed by atoms with Crippen molar-refractivity contribution in [3.05, 3.63) is 40.8 Å². The molecule has 0 aromatic heterocycles. The monoisotopic (exact) mass is 468 g/mol. The number of benzene rings is 1. The molecule has 0 bridgehead atoms. The molecule has 5 heteroatoms. The highest BCUT2D eigenvalue weighted by Crippen LogP contribution is 2.73. The molecular weight excluding hydrogens is 432 g/mol. The third-order valence-electron chi connectivity index (χ3n) is 10.4. The molecule has 2 spiro atoms. The molecule has 0 N–H and O–H groups in total. The molecule has 2 saturated heterocycles. The summed E-state index contributed by atoms with van der Waals surface area (Å²) in [6.07, 6.45) is 7.81. The van der Waals surface area contributed by atoms with Gasteiger partial charge in [-0.2, -0.15) is 0 Å². The van der Waals surface area contributed by atoms with Gasteiger partial charge < -0.3 is 18.9 Å². The Morgan fingerprint density at radius 2 is 1.42 bits per heavy atom. The Balaban J connectivity index is 1.36. The minimum atomic E-state index is -0.396. The Hall–Kier alpha value is -0.850. The first-order chi connectivity index (χ1) is 16.0. The molecule has 1 aromatic carbocycles. The van der Waals surface area contributed by atoms with E-state index in [0.717, 1.165) is 58.5 Å². The van der Waals surface area contributed by atoms with Gasteiger partial charge in [0.2, 0.25) is 0 Å². The van der Waals surface area contributed by atoms with Gasteiger partial charge in [-0.3, -0.25) is 0 Å². The third-order valence-corrected chi connectivity index (χ3v) is 11.7. The quantitative estimate of drug-likeness (QED) is 0.519. The highest BCUT2D eigenvalue weighted by molar-refractivity contribution is 8.03. The lowest BCUT2D eigenvalue weighted by Gasteiger charge is -2.64. The SMILES string of the molecule is C[C@]12CC3=C(Sc4ccccc4)CC[C@]4(C)[C@H]3[C@@H](CCC43OCCO3)[C@@H]1CCC21OCCO1. The van der Waals surface area contributed by atoms with Gasteiger partial charge in [-0.25, -0.2) is 0 Å². The normalized spacial score (nSPS) is 42.7. The van der Waals surface area contributed by atoms with E-state index >= 15 is 0 Å². The average molecular weight is 469 g/mol. The molecule has 5 fully saturated rings. The number of hydrogen-bond donors (Lipinski definition) is 0. The second kappa shape index (κ2) is 7.33. The zero-order chi connectivity index (χ0) is 22.3. The van der Waals surface area contributed by atoms with Crippen molar-refractivity contribution in [2.24, 2.45) is 28.6 Å². The van der Waals surface area contributed by atoms with E-state index in [1.807, 2.05) is 11.8 Å². The van der Waals surface area contributed by atoms with Gasteiger partial charge in [-0.15, -0.1) is 0 Å². The van der Waals surface area contributed by atoms with E-state index in [9.17, 15) is 0 Å². The minimum Gasteiger partial charge on any atom is -0.347 e. The summed E-state index contributed by atoms with van der Waals surface area (Å²) in [7, 11) is 0. The van der Waals surface area contributed by atoms with Crippen molar-refractivity contribution in [1.29, 1.82) is 0 Å². The van der Waals surface area contributed by atoms with Crippen LogP contribution in [0, 0.1) is 28.6 Å². The van der Waals surface area contributed by atoms with Crippen LogP contribution in [0.5, 0.6) is 0 Å². The summed E-state index contributed by atoms with van der Waals surface area (Å²) in [5.74, 6) is 1.04. The fourth-order valence-corrected chi connectivity index (χ4v) is 10.2. The van der Waals surface area contributed by atoms with E-state index in [2.05, 4.69) is 44.2 Å². The minimum absolute atomic E-state index is 0.0387. The lowest BCUT2D eigenvalue weighted by Crippen LogP contribution is -2.63. The topological polar surface area (TPSA) is 36.9 Å². The van der Waals surface area contributed by atoms with Crippen LogP contribution in [0.1, 0.15) is 58.8 Å². The van der Waals surface area contributed by atoms with Gasteiger partial charge >= 0.3 is 0 Å². The van der Waals surface area contributed by atoms with Crippen molar-refractivity contribution in [2.45, 2.75) is 75.3 Å². The first kappa shape index (κ1) is 21.4. The van der Waals surface area contributed by atoms with Crippen molar-refractivity contribution < 1.29 is 18.9 Å². The second-order valence-electron chi connectivity index (χ2n) is 11.6. The highest BCUT2D eigenvalue weighted by Gasteiger charge is 2.72. The fourth-order valence-electron chi connectivity index (χ4n) is 9.04. The molecule has 33 heavy (non-hydrogen) atoms. The first-order valence-corrected chi connectivity index (χ1v) is 13.8. The summed E-state index contributed by atoms with van der Waals surface area (Å²) in [5, 5.41) is 0. The van der Waals surface area contributed by atoms with Crippen LogP contribution in [-0.4, -0.2) is 38.0 Å². The van der Waals surface area contributed by atoms with Gasteiger partial charge in [-0.1, -0.05) is 49.4 Å². The van der Waals surface area contributed by atoms with Crippen molar-refractivity contribution >= 4 is 11.8 Å². The molecule has 2 heterocycles. The molecule has 7 rings (SSSR count). The molecule has 178 valence electrons. The molecule has 0 amide bonds. The number of hydrogen-bond acceptors (Lipinski definition) is 5. The molecule has 3 saturated carbocycles. The van der Waals surface area contributed by atoms with Gasteiger partial charge in [-0.05, 0) is 66.9 Å². The predicted octanol–water partition coefficient (Wildman–Crippen LogP) is 6.17. The summed E-state index contributed by atoms with van der Waals surface area (Å²) in [4.78, 5) is 2.93. The van der Waals surface area contributed by atoms with Crippen LogP contribution in [-0.2, 0) is 18.9 Å². The van der Waals surface area contributed by atoms with E-state index in [1.54, 1.807) is 10.5 Å². The van der Waals surface area contributed by atoms with E-state index < -0.39 is 5.79 Å². The van der Waals surface area contributed by atoms with E-state index in [0.29, 0.717) is 17.8 Å². The van der Waals surface area contributed by atoms with Gasteiger partial charge in [0.1, 0.15) is 0 Å². The zero-order valence-corrected chi connectivity index (χ0v) is 20.8. The first-order valence-electron chi connectivity index (χ1n) is 13.0. The Morgan fingerprint density at radius 3 is 2.12 bits per heavy atom. The van der Waals surface area contributed by atoms with E-state index in [4.69, 9.17) is 18.9 Å². The van der Waals surface area contributed by atoms with Crippen molar-refractivity contribution in [2.75, 3.05) is 26.4 Å². The average Bonchev–Trinajstić information content (AvgIpc) is 3.55. The molecular formula is C28H36O4S. The van der Waals surface area contributed by atoms with Crippen LogP contribution in [0.25, 0.3) is 0 Å². The van der Waals surface area contributed by atoms with Crippen LogP contribution in [0.15, 0.2) is 45.7 Å². The molecule has 6 aliphatic rings. The van der Waals surface area contributed by atoms with Crippen LogP contribution in [0.4, 0.5) is 0 Å². The summed E-state index contributed by atoms with van der Waals surface area (Å²) >= 11 is 2.00. The fraction of sp³-hybridized carbons (Fsp3) is 0.714. The zero-order valence-electron chi connectivity index (χ0n) is 19.9. The van der Waals surface area contributed by atoms with Crippen molar-refractivity contribution in [3.63, 3.8) is 0 Å². The number of ether oxygens (including phenoxy) is 4. The van der Waals surface area contributed by atoms with Gasteiger partial charge in [0, 0.05) is 28.6 Å². The summed E-state index contributed by atoms with van der Waals surface area (Å²) < 4.78 is 25.9. The van der Waals surface area contributed by atoms with Crippen LogP contribution < -0.4 is 0 Å². The van der Waals surface area contributed by atoms with Gasteiger partial charge in [0.15, 0.2) is 11.6 Å². The van der Waals surface area contributed by atoms with Crippen molar-refractivity contribution in [3.8, 4) is 0 Å². The standard InChI is InChI=1S/C28H36O4S/c1-25-11-10-23(33-19-6-4-3-5-7-19)21-18-26(2)22(9-13-28(26)31-16-17-32-28)20(24(21)25)8-12-27(25)29-14-15-30-27/h3-7,20,22,24H,8-18H2,1-2H3/t20-,22-,24-,25+,26-/m0/s1. The van der Waals surface area contributed by atoms with Gasteiger partial charge in [0.25, 0.3) is 0 Å². The number of fused-ring (bicyclic) bond motifs is 4. The van der Waals surface area contributed by atoms with Crippen LogP contribution in [0.3, 0.4) is 0 Å². The maximum atomic E-state index is 6.50. The number of thioether (sulfide) groups is 1. The molecule has 0 radical (unpaired) electrons. The predicted molar refractivity (Wildman–Crippen MR) is 128 cm³/mol. The summed E-state index contributed by atoms with van der Waals surface area (Å²) in [5.41, 5.74) is 1.75. The van der Waals surface area contributed by atoms with Crippen LogP contribution in [0.2, 0.25) is 0 Å². The molecule has 4 aliphatic carbocycles. The summed E-state index contributed by atoms with van der Waals surface area (Å²) in [6, 6.07) is 10.9. The lowest BCUT2D eigenvalue weighted by molar-refractivity contribution is -0.294. The van der Waals surface area contributed by atoms with E-state index in [1.165, 1.54) is 17.7 Å². The van der Waals surface area contributed by atoms with Crippen molar-refractivity contribution in [1.82, 2.24) is 0 Å². The number of allylic oxidation sites excluding steroid dienone is 2. The largest absolute Gasteiger partial charge is 0.347 e. The third kappa shape index (κ3) is 2.75. The molecule has 2 aliphatic heterocycles. The Bertz CT molecular complexity index is 963. The second-order valence-corrected chi connectivity index (χ2v) is 12.8. The smallest absolute Gasteiger partial charge is 0.174 e. The maximum Gasteiger partial charge on any atom is 0.174 e. The Morgan fingerprint density at radius 1 is 0.788 bits per heavy atom. The molecule has 0 unspecified atom stereocenters. The Labute approximate surface area is 201 Å². The molecule has 5 atom stereocenters. The van der Waals surface area contributed by atoms with Gasteiger partial charge in [0.05, 0.1) is 26.4 Å². The Kier molecular flexibility index (Phi) is 4.76.